The first-order valence-corrected chi connectivity index (χ1v) is 6.66. The fourth-order valence-electron chi connectivity index (χ4n) is 1.30. The van der Waals surface area contributed by atoms with Crippen LogP contribution >= 0.6 is 12.2 Å². The van der Waals surface area contributed by atoms with E-state index in [9.17, 15) is 4.79 Å². The van der Waals surface area contributed by atoms with Gasteiger partial charge in [-0.3, -0.25) is 4.79 Å². The molecule has 0 atom stereocenters. The van der Waals surface area contributed by atoms with Gasteiger partial charge in [0.05, 0.1) is 5.41 Å². The average Bonchev–Trinajstić information content (AvgIpc) is 2.35. The quantitative estimate of drug-likeness (QED) is 0.448. The highest BCUT2D eigenvalue weighted by atomic mass is 32.1. The van der Waals surface area contributed by atoms with E-state index in [4.69, 9.17) is 17.0 Å². The zero-order chi connectivity index (χ0) is 14.0. The van der Waals surface area contributed by atoms with E-state index in [1.165, 1.54) is 0 Å². The minimum absolute atomic E-state index is 0.00542. The lowest BCUT2D eigenvalue weighted by Crippen LogP contribution is -2.46. The fourth-order valence-corrected chi connectivity index (χ4v) is 1.48. The van der Waals surface area contributed by atoms with Crippen molar-refractivity contribution in [1.29, 1.82) is 0 Å². The summed E-state index contributed by atoms with van der Waals surface area (Å²) >= 11 is 5.13. The summed E-state index contributed by atoms with van der Waals surface area (Å²) in [5.41, 5.74) is -0.480. The fraction of sp³-hybridized carbons (Fsp3) is 0.833. The lowest BCUT2D eigenvalue weighted by atomic mass is 9.92. The molecule has 0 saturated carbocycles. The van der Waals surface area contributed by atoms with Crippen LogP contribution in [-0.4, -0.2) is 44.4 Å². The molecule has 5 nitrogen and oxygen atoms in total. The highest BCUT2D eigenvalue weighted by molar-refractivity contribution is 7.80. The van der Waals surface area contributed by atoms with Gasteiger partial charge in [0.2, 0.25) is 5.91 Å². The van der Waals surface area contributed by atoms with Gasteiger partial charge in [0.25, 0.3) is 0 Å². The molecule has 18 heavy (non-hydrogen) atoms. The average molecular weight is 275 g/mol. The highest BCUT2D eigenvalue weighted by Crippen LogP contribution is 2.12. The van der Waals surface area contributed by atoms with Crippen molar-refractivity contribution in [2.45, 2.75) is 27.2 Å². The van der Waals surface area contributed by atoms with E-state index in [0.29, 0.717) is 11.7 Å². The molecule has 0 rings (SSSR count). The van der Waals surface area contributed by atoms with Crippen molar-refractivity contribution in [3.63, 3.8) is 0 Å². The summed E-state index contributed by atoms with van der Waals surface area (Å²) in [4.78, 5) is 11.5. The number of carbonyl (C=O) groups is 1. The summed E-state index contributed by atoms with van der Waals surface area (Å²) in [5.74, 6) is -0.00542. The maximum atomic E-state index is 11.5. The van der Waals surface area contributed by atoms with Crippen molar-refractivity contribution < 1.29 is 9.53 Å². The number of ether oxygens (including phenoxy) is 1. The van der Waals surface area contributed by atoms with Crippen LogP contribution < -0.4 is 16.0 Å². The van der Waals surface area contributed by atoms with Gasteiger partial charge in [-0.25, -0.2) is 0 Å². The number of nitrogens with one attached hydrogen (secondary N) is 3. The van der Waals surface area contributed by atoms with Gasteiger partial charge in [-0.05, 0) is 39.4 Å². The maximum Gasteiger partial charge on any atom is 0.227 e. The van der Waals surface area contributed by atoms with Crippen LogP contribution in [0.3, 0.4) is 0 Å². The smallest absolute Gasteiger partial charge is 0.227 e. The standard InChI is InChI=1S/C12H25N3O2S/c1-5-17-8-6-7-14-11(18)15-9-12(2,3)10(16)13-4/h5-9H2,1-4H3,(H,13,16)(H2,14,15,18). The molecule has 1 amide bonds. The third kappa shape index (κ3) is 7.45. The summed E-state index contributed by atoms with van der Waals surface area (Å²) < 4.78 is 5.22. The van der Waals surface area contributed by atoms with Crippen LogP contribution in [0.5, 0.6) is 0 Å². The largest absolute Gasteiger partial charge is 0.382 e. The molecule has 0 aromatic rings. The first-order valence-electron chi connectivity index (χ1n) is 6.25. The summed E-state index contributed by atoms with van der Waals surface area (Å²) in [6.45, 7) is 8.46. The minimum atomic E-state index is -0.480. The summed E-state index contributed by atoms with van der Waals surface area (Å²) in [7, 11) is 1.63. The zero-order valence-corrected chi connectivity index (χ0v) is 12.6. The molecular weight excluding hydrogens is 250 g/mol. The molecule has 0 radical (unpaired) electrons. The Bertz CT molecular complexity index is 270. The Balaban J connectivity index is 3.73. The van der Waals surface area contributed by atoms with Crippen molar-refractivity contribution in [3.8, 4) is 0 Å². The zero-order valence-electron chi connectivity index (χ0n) is 11.8. The first-order chi connectivity index (χ1) is 8.44. The van der Waals surface area contributed by atoms with Crippen LogP contribution in [-0.2, 0) is 9.53 Å². The minimum Gasteiger partial charge on any atom is -0.382 e. The molecule has 6 heteroatoms. The maximum absolute atomic E-state index is 11.5. The van der Waals surface area contributed by atoms with Crippen LogP contribution in [0.1, 0.15) is 27.2 Å². The Morgan fingerprint density at radius 3 is 2.56 bits per heavy atom. The molecule has 0 fully saturated rings. The topological polar surface area (TPSA) is 62.4 Å². The van der Waals surface area contributed by atoms with Gasteiger partial charge < -0.3 is 20.7 Å². The van der Waals surface area contributed by atoms with Gasteiger partial charge in [0.15, 0.2) is 5.11 Å². The Hall–Kier alpha value is -0.880. The van der Waals surface area contributed by atoms with E-state index >= 15 is 0 Å². The number of carbonyl (C=O) groups excluding carboxylic acids is 1. The third-order valence-electron chi connectivity index (χ3n) is 2.49. The predicted octanol–water partition coefficient (Wildman–Crippen LogP) is 0.649. The van der Waals surface area contributed by atoms with Crippen LogP contribution in [0.15, 0.2) is 0 Å². The summed E-state index contributed by atoms with van der Waals surface area (Å²) in [6.07, 6.45) is 0.911. The van der Waals surface area contributed by atoms with E-state index in [1.807, 2.05) is 20.8 Å². The Morgan fingerprint density at radius 1 is 1.33 bits per heavy atom. The second-order valence-corrected chi connectivity index (χ2v) is 5.03. The number of hydrogen-bond donors (Lipinski definition) is 3. The van der Waals surface area contributed by atoms with Crippen molar-refractivity contribution in [2.75, 3.05) is 33.4 Å². The van der Waals surface area contributed by atoms with Gasteiger partial charge >= 0.3 is 0 Å². The number of amides is 1. The van der Waals surface area contributed by atoms with E-state index in [1.54, 1.807) is 7.05 Å². The molecular formula is C12H25N3O2S. The second kappa shape index (κ2) is 9.10. The molecule has 0 saturated heterocycles. The molecule has 0 aromatic heterocycles. The lowest BCUT2D eigenvalue weighted by Gasteiger charge is -2.23. The Labute approximate surface area is 115 Å². The molecule has 0 aliphatic heterocycles. The molecule has 0 bridgehead atoms. The highest BCUT2D eigenvalue weighted by Gasteiger charge is 2.26. The van der Waals surface area contributed by atoms with Gasteiger partial charge in [0, 0.05) is 33.4 Å². The third-order valence-corrected chi connectivity index (χ3v) is 2.78. The molecule has 0 spiro atoms. The molecule has 0 unspecified atom stereocenters. The molecule has 0 aromatic carbocycles. The SMILES string of the molecule is CCOCCCNC(=S)NCC(C)(C)C(=O)NC. The van der Waals surface area contributed by atoms with Crippen molar-refractivity contribution >= 4 is 23.2 Å². The van der Waals surface area contributed by atoms with E-state index < -0.39 is 5.41 Å². The molecule has 0 heterocycles. The molecule has 0 aliphatic rings. The van der Waals surface area contributed by atoms with Crippen LogP contribution in [0.2, 0.25) is 0 Å². The lowest BCUT2D eigenvalue weighted by molar-refractivity contribution is -0.128. The van der Waals surface area contributed by atoms with Crippen molar-refractivity contribution in [1.82, 2.24) is 16.0 Å². The van der Waals surface area contributed by atoms with E-state index in [2.05, 4.69) is 16.0 Å². The number of rotatable bonds is 8. The summed E-state index contributed by atoms with van der Waals surface area (Å²) in [6, 6.07) is 0. The van der Waals surface area contributed by atoms with E-state index in [0.717, 1.165) is 26.2 Å². The second-order valence-electron chi connectivity index (χ2n) is 4.62. The van der Waals surface area contributed by atoms with Crippen molar-refractivity contribution in [3.05, 3.63) is 0 Å². The Morgan fingerprint density at radius 2 is 2.00 bits per heavy atom. The van der Waals surface area contributed by atoms with Gasteiger partial charge in [0.1, 0.15) is 0 Å². The van der Waals surface area contributed by atoms with Gasteiger partial charge in [-0.15, -0.1) is 0 Å². The number of thiocarbonyl (C=S) groups is 1. The number of hydrogen-bond acceptors (Lipinski definition) is 3. The first kappa shape index (κ1) is 17.1. The van der Waals surface area contributed by atoms with Crippen LogP contribution in [0, 0.1) is 5.41 Å². The van der Waals surface area contributed by atoms with Gasteiger partial charge in [-0.2, -0.15) is 0 Å². The normalized spacial score (nSPS) is 10.9. The monoisotopic (exact) mass is 275 g/mol. The molecule has 0 aliphatic carbocycles. The van der Waals surface area contributed by atoms with Crippen LogP contribution in [0.4, 0.5) is 0 Å². The molecule has 106 valence electrons. The van der Waals surface area contributed by atoms with E-state index in [-0.39, 0.29) is 5.91 Å². The predicted molar refractivity (Wildman–Crippen MR) is 77.6 cm³/mol. The summed E-state index contributed by atoms with van der Waals surface area (Å²) in [5, 5.41) is 9.34. The molecule has 3 N–H and O–H groups in total. The Kier molecular flexibility index (Phi) is 8.66. The van der Waals surface area contributed by atoms with Crippen molar-refractivity contribution in [2.24, 2.45) is 5.41 Å². The van der Waals surface area contributed by atoms with Gasteiger partial charge in [-0.1, -0.05) is 0 Å². The van der Waals surface area contributed by atoms with Crippen LogP contribution in [0.25, 0.3) is 0 Å².